The van der Waals surface area contributed by atoms with Crippen LogP contribution in [0.15, 0.2) is 18.3 Å². The Morgan fingerprint density at radius 1 is 1.20 bits per heavy atom. The van der Waals surface area contributed by atoms with E-state index in [9.17, 15) is 0 Å². The molecule has 2 aliphatic rings. The van der Waals surface area contributed by atoms with Crippen molar-refractivity contribution in [2.45, 2.75) is 31.7 Å². The number of hydrogen-bond acceptors (Lipinski definition) is 2. The van der Waals surface area contributed by atoms with Crippen LogP contribution < -0.4 is 5.32 Å². The van der Waals surface area contributed by atoms with E-state index in [1.807, 2.05) is 12.1 Å². The van der Waals surface area contributed by atoms with Crippen molar-refractivity contribution in [3.8, 4) is 0 Å². The first-order valence-corrected chi connectivity index (χ1v) is 6.09. The predicted molar refractivity (Wildman–Crippen MR) is 62.1 cm³/mol. The number of nitrogens with one attached hydrogen (secondary N) is 1. The lowest BCUT2D eigenvalue weighted by Crippen LogP contribution is -2.24. The van der Waals surface area contributed by atoms with Crippen LogP contribution in [-0.2, 0) is 0 Å². The number of hydrogen-bond donors (Lipinski definition) is 1. The van der Waals surface area contributed by atoms with Crippen LogP contribution >= 0.6 is 11.6 Å². The van der Waals surface area contributed by atoms with E-state index in [1.165, 1.54) is 25.7 Å². The molecule has 1 heterocycles. The van der Waals surface area contributed by atoms with E-state index >= 15 is 0 Å². The molecule has 0 spiro atoms. The summed E-state index contributed by atoms with van der Waals surface area (Å²) in [6.45, 7) is 0. The summed E-state index contributed by atoms with van der Waals surface area (Å²) in [4.78, 5) is 4.30. The van der Waals surface area contributed by atoms with Crippen LogP contribution in [0.1, 0.15) is 25.7 Å². The maximum Gasteiger partial charge on any atom is 0.126 e. The monoisotopic (exact) mass is 222 g/mol. The van der Waals surface area contributed by atoms with Gasteiger partial charge in [0, 0.05) is 12.2 Å². The molecule has 0 atom stereocenters. The smallest absolute Gasteiger partial charge is 0.126 e. The van der Waals surface area contributed by atoms with Gasteiger partial charge in [0.25, 0.3) is 0 Å². The van der Waals surface area contributed by atoms with Crippen molar-refractivity contribution in [3.05, 3.63) is 23.4 Å². The van der Waals surface area contributed by atoms with Crippen molar-refractivity contribution in [3.63, 3.8) is 0 Å². The number of anilines is 1. The molecular formula is C12H15ClN2. The summed E-state index contributed by atoms with van der Waals surface area (Å²) in [6.07, 6.45) is 7.27. The molecule has 0 aromatic carbocycles. The SMILES string of the molecule is Clc1ccc(NC(C2CC2)C2CC2)nc1. The van der Waals surface area contributed by atoms with Crippen molar-refractivity contribution in [1.82, 2.24) is 4.98 Å². The van der Waals surface area contributed by atoms with E-state index in [1.54, 1.807) is 6.20 Å². The molecule has 0 amide bonds. The lowest BCUT2D eigenvalue weighted by Gasteiger charge is -2.18. The fourth-order valence-corrected chi connectivity index (χ4v) is 2.28. The topological polar surface area (TPSA) is 24.9 Å². The maximum atomic E-state index is 5.81. The summed E-state index contributed by atoms with van der Waals surface area (Å²) in [6, 6.07) is 4.53. The molecule has 2 nitrogen and oxygen atoms in total. The molecule has 0 radical (unpaired) electrons. The molecule has 1 aromatic heterocycles. The van der Waals surface area contributed by atoms with Crippen LogP contribution in [-0.4, -0.2) is 11.0 Å². The number of rotatable bonds is 4. The van der Waals surface area contributed by atoms with E-state index < -0.39 is 0 Å². The van der Waals surface area contributed by atoms with Crippen LogP contribution in [0, 0.1) is 11.8 Å². The molecule has 1 N–H and O–H groups in total. The van der Waals surface area contributed by atoms with Gasteiger partial charge < -0.3 is 5.32 Å². The van der Waals surface area contributed by atoms with Gasteiger partial charge in [0.1, 0.15) is 5.82 Å². The van der Waals surface area contributed by atoms with Gasteiger partial charge in [-0.1, -0.05) is 11.6 Å². The zero-order chi connectivity index (χ0) is 10.3. The number of aromatic nitrogens is 1. The highest BCUT2D eigenvalue weighted by molar-refractivity contribution is 6.30. The van der Waals surface area contributed by atoms with Crippen LogP contribution in [0.25, 0.3) is 0 Å². The average molecular weight is 223 g/mol. The second-order valence-electron chi connectivity index (χ2n) is 4.71. The fraction of sp³-hybridized carbons (Fsp3) is 0.583. The van der Waals surface area contributed by atoms with E-state index in [2.05, 4.69) is 10.3 Å². The summed E-state index contributed by atoms with van der Waals surface area (Å²) >= 11 is 5.81. The highest BCUT2D eigenvalue weighted by Gasteiger charge is 2.41. The Morgan fingerprint density at radius 3 is 2.33 bits per heavy atom. The summed E-state index contributed by atoms with van der Waals surface area (Å²) in [5.41, 5.74) is 0. The fourth-order valence-electron chi connectivity index (χ4n) is 2.16. The molecule has 0 unspecified atom stereocenters. The molecule has 3 heteroatoms. The Bertz CT molecular complexity index is 329. The average Bonchev–Trinajstić information content (AvgIpc) is 3.11. The molecule has 0 bridgehead atoms. The highest BCUT2D eigenvalue weighted by Crippen LogP contribution is 2.45. The van der Waals surface area contributed by atoms with Gasteiger partial charge in [-0.25, -0.2) is 4.98 Å². The minimum absolute atomic E-state index is 0.665. The Kier molecular flexibility index (Phi) is 2.32. The van der Waals surface area contributed by atoms with Gasteiger partial charge in [0.05, 0.1) is 5.02 Å². The van der Waals surface area contributed by atoms with Gasteiger partial charge >= 0.3 is 0 Å². The van der Waals surface area contributed by atoms with E-state index in [0.29, 0.717) is 11.1 Å². The first-order chi connectivity index (χ1) is 7.33. The van der Waals surface area contributed by atoms with Gasteiger partial charge in [0.15, 0.2) is 0 Å². The molecular weight excluding hydrogens is 208 g/mol. The van der Waals surface area contributed by atoms with Gasteiger partial charge in [-0.2, -0.15) is 0 Å². The summed E-state index contributed by atoms with van der Waals surface area (Å²) in [5, 5.41) is 4.26. The zero-order valence-electron chi connectivity index (χ0n) is 8.62. The molecule has 15 heavy (non-hydrogen) atoms. The molecule has 2 fully saturated rings. The Morgan fingerprint density at radius 2 is 1.87 bits per heavy atom. The quantitative estimate of drug-likeness (QED) is 0.845. The molecule has 2 saturated carbocycles. The van der Waals surface area contributed by atoms with Crippen molar-refractivity contribution in [2.75, 3.05) is 5.32 Å². The first-order valence-electron chi connectivity index (χ1n) is 5.71. The Balaban J connectivity index is 1.69. The summed E-state index contributed by atoms with van der Waals surface area (Å²) in [7, 11) is 0. The van der Waals surface area contributed by atoms with Crippen molar-refractivity contribution in [1.29, 1.82) is 0 Å². The minimum Gasteiger partial charge on any atom is -0.367 e. The van der Waals surface area contributed by atoms with Crippen LogP contribution in [0.5, 0.6) is 0 Å². The van der Waals surface area contributed by atoms with E-state index in [4.69, 9.17) is 11.6 Å². The number of nitrogens with zero attached hydrogens (tertiary/aromatic N) is 1. The van der Waals surface area contributed by atoms with Crippen LogP contribution in [0.4, 0.5) is 5.82 Å². The van der Waals surface area contributed by atoms with Crippen LogP contribution in [0.3, 0.4) is 0 Å². The molecule has 0 aliphatic heterocycles. The van der Waals surface area contributed by atoms with E-state index in [0.717, 1.165) is 17.7 Å². The lowest BCUT2D eigenvalue weighted by atomic mass is 10.1. The molecule has 0 saturated heterocycles. The third kappa shape index (κ3) is 2.25. The second-order valence-corrected chi connectivity index (χ2v) is 5.14. The standard InChI is InChI=1S/C12H15ClN2/c13-10-5-6-11(14-7-10)15-12(8-1-2-8)9-3-4-9/h5-9,12H,1-4H2,(H,14,15). The van der Waals surface area contributed by atoms with Crippen molar-refractivity contribution < 1.29 is 0 Å². The zero-order valence-corrected chi connectivity index (χ0v) is 9.37. The largest absolute Gasteiger partial charge is 0.367 e. The third-order valence-electron chi connectivity index (χ3n) is 3.30. The predicted octanol–water partition coefficient (Wildman–Crippen LogP) is 3.34. The molecule has 80 valence electrons. The Hall–Kier alpha value is -0.760. The van der Waals surface area contributed by atoms with Gasteiger partial charge in [0.2, 0.25) is 0 Å². The number of halogens is 1. The summed E-state index contributed by atoms with van der Waals surface area (Å²) < 4.78 is 0. The van der Waals surface area contributed by atoms with Gasteiger partial charge in [-0.15, -0.1) is 0 Å². The normalized spacial score (nSPS) is 20.7. The summed E-state index contributed by atoms with van der Waals surface area (Å²) in [5.74, 6) is 2.77. The first kappa shape index (κ1) is 9.46. The van der Waals surface area contributed by atoms with Crippen molar-refractivity contribution >= 4 is 17.4 Å². The lowest BCUT2D eigenvalue weighted by molar-refractivity contribution is 0.566. The van der Waals surface area contributed by atoms with Gasteiger partial charge in [-0.05, 0) is 49.7 Å². The number of pyridine rings is 1. The molecule has 2 aliphatic carbocycles. The minimum atomic E-state index is 0.665. The maximum absolute atomic E-state index is 5.81. The van der Waals surface area contributed by atoms with Crippen LogP contribution in [0.2, 0.25) is 5.02 Å². The highest BCUT2D eigenvalue weighted by atomic mass is 35.5. The Labute approximate surface area is 95.0 Å². The molecule has 3 rings (SSSR count). The third-order valence-corrected chi connectivity index (χ3v) is 3.53. The second kappa shape index (κ2) is 3.67. The van der Waals surface area contributed by atoms with E-state index in [-0.39, 0.29) is 0 Å². The van der Waals surface area contributed by atoms with Crippen molar-refractivity contribution in [2.24, 2.45) is 11.8 Å². The van der Waals surface area contributed by atoms with Gasteiger partial charge in [-0.3, -0.25) is 0 Å². The molecule has 1 aromatic rings.